The number of aliphatic hydroxyl groups is 1. The number of anilines is 1. The molecule has 1 saturated carbocycles. The van der Waals surface area contributed by atoms with Crippen LogP contribution in [0, 0.1) is 5.92 Å². The van der Waals surface area contributed by atoms with Crippen LogP contribution >= 0.6 is 0 Å². The van der Waals surface area contributed by atoms with E-state index in [9.17, 15) is 9.90 Å². The predicted molar refractivity (Wildman–Crippen MR) is 81.1 cm³/mol. The van der Waals surface area contributed by atoms with Gasteiger partial charge in [-0.15, -0.1) is 5.10 Å². The molecule has 1 fully saturated rings. The van der Waals surface area contributed by atoms with Gasteiger partial charge in [0.25, 0.3) is 0 Å². The van der Waals surface area contributed by atoms with E-state index in [1.54, 1.807) is 6.07 Å². The average Bonchev–Trinajstić information content (AvgIpc) is 3.22. The molecule has 0 saturated heterocycles. The maximum atomic E-state index is 12.0. The fraction of sp³-hybridized carbons (Fsp3) is 0.667. The molecule has 0 aromatic carbocycles. The van der Waals surface area contributed by atoms with E-state index >= 15 is 0 Å². The lowest BCUT2D eigenvalue weighted by molar-refractivity contribution is 0.159. The molecule has 2 rings (SSSR count). The van der Waals surface area contributed by atoms with E-state index in [0.717, 1.165) is 18.5 Å². The third kappa shape index (κ3) is 3.91. The fourth-order valence-electron chi connectivity index (χ4n) is 2.20. The first-order valence-corrected chi connectivity index (χ1v) is 7.29. The van der Waals surface area contributed by atoms with Crippen LogP contribution < -0.4 is 10.6 Å². The first-order chi connectivity index (χ1) is 9.74. The Morgan fingerprint density at radius 3 is 2.38 bits per heavy atom. The van der Waals surface area contributed by atoms with Gasteiger partial charge >= 0.3 is 6.03 Å². The third-order valence-corrected chi connectivity index (χ3v) is 3.88. The van der Waals surface area contributed by atoms with E-state index in [4.69, 9.17) is 0 Å². The molecule has 1 atom stereocenters. The number of carbonyl (C=O) groups is 1. The quantitative estimate of drug-likeness (QED) is 0.792. The number of carbonyl (C=O) groups excluding carboxylic acids is 1. The van der Waals surface area contributed by atoms with Crippen LogP contribution in [0.3, 0.4) is 0 Å². The number of rotatable bonds is 4. The SMILES string of the molecule is CC(C)(C)c1ccc(NC(=O)NC(C)(CO)C2CC2)nn1. The molecular weight excluding hydrogens is 268 g/mol. The van der Waals surface area contributed by atoms with E-state index in [2.05, 4.69) is 41.6 Å². The second kappa shape index (κ2) is 5.60. The van der Waals surface area contributed by atoms with Crippen LogP contribution in [0.25, 0.3) is 0 Å². The Labute approximate surface area is 125 Å². The maximum Gasteiger partial charge on any atom is 0.320 e. The molecule has 6 nitrogen and oxygen atoms in total. The summed E-state index contributed by atoms with van der Waals surface area (Å²) in [5.74, 6) is 0.749. The van der Waals surface area contributed by atoms with Crippen molar-refractivity contribution >= 4 is 11.8 Å². The standard InChI is InChI=1S/C15H24N4O2/c1-14(2,3)11-7-8-12(19-18-11)16-13(21)17-15(4,9-20)10-5-6-10/h7-8,10,20H,5-6,9H2,1-4H3,(H2,16,17,19,21). The summed E-state index contributed by atoms with van der Waals surface area (Å²) in [6.45, 7) is 7.95. The predicted octanol–water partition coefficient (Wildman–Crippen LogP) is 2.06. The van der Waals surface area contributed by atoms with Crippen molar-refractivity contribution in [1.82, 2.24) is 15.5 Å². The monoisotopic (exact) mass is 292 g/mol. The lowest BCUT2D eigenvalue weighted by Gasteiger charge is -2.28. The van der Waals surface area contributed by atoms with Gasteiger partial charge < -0.3 is 10.4 Å². The van der Waals surface area contributed by atoms with Crippen molar-refractivity contribution in [1.29, 1.82) is 0 Å². The number of amides is 2. The van der Waals surface area contributed by atoms with Gasteiger partial charge in [0.05, 0.1) is 17.8 Å². The Hall–Kier alpha value is -1.69. The summed E-state index contributed by atoms with van der Waals surface area (Å²) in [7, 11) is 0. The number of urea groups is 1. The van der Waals surface area contributed by atoms with Gasteiger partial charge in [-0.1, -0.05) is 20.8 Å². The van der Waals surface area contributed by atoms with E-state index < -0.39 is 5.54 Å². The number of nitrogens with zero attached hydrogens (tertiary/aromatic N) is 2. The highest BCUT2D eigenvalue weighted by Gasteiger charge is 2.42. The topological polar surface area (TPSA) is 87.1 Å². The molecule has 2 amide bonds. The highest BCUT2D eigenvalue weighted by atomic mass is 16.3. The zero-order valence-corrected chi connectivity index (χ0v) is 13.1. The molecule has 0 radical (unpaired) electrons. The Balaban J connectivity index is 1.96. The van der Waals surface area contributed by atoms with Crippen LogP contribution in [0.2, 0.25) is 0 Å². The summed E-state index contributed by atoms with van der Waals surface area (Å²) in [4.78, 5) is 12.0. The van der Waals surface area contributed by atoms with Crippen molar-refractivity contribution in [3.05, 3.63) is 17.8 Å². The Morgan fingerprint density at radius 1 is 1.29 bits per heavy atom. The van der Waals surface area contributed by atoms with Gasteiger partial charge in [-0.05, 0) is 37.8 Å². The van der Waals surface area contributed by atoms with Crippen molar-refractivity contribution < 1.29 is 9.90 Å². The van der Waals surface area contributed by atoms with Gasteiger partial charge in [0.15, 0.2) is 5.82 Å². The van der Waals surface area contributed by atoms with Crippen LogP contribution in [-0.4, -0.2) is 33.5 Å². The highest BCUT2D eigenvalue weighted by molar-refractivity contribution is 5.88. The smallest absolute Gasteiger partial charge is 0.320 e. The molecule has 21 heavy (non-hydrogen) atoms. The number of aromatic nitrogens is 2. The maximum absolute atomic E-state index is 12.0. The largest absolute Gasteiger partial charge is 0.394 e. The number of aliphatic hydroxyl groups excluding tert-OH is 1. The van der Waals surface area contributed by atoms with Crippen molar-refractivity contribution in [2.24, 2.45) is 5.92 Å². The number of nitrogens with one attached hydrogen (secondary N) is 2. The summed E-state index contributed by atoms with van der Waals surface area (Å²) < 4.78 is 0. The molecule has 0 bridgehead atoms. The third-order valence-electron chi connectivity index (χ3n) is 3.88. The molecule has 1 aromatic heterocycles. The summed E-state index contributed by atoms with van der Waals surface area (Å²) in [6, 6.07) is 3.23. The minimum atomic E-state index is -0.567. The van der Waals surface area contributed by atoms with Crippen LogP contribution in [0.15, 0.2) is 12.1 Å². The average molecular weight is 292 g/mol. The van der Waals surface area contributed by atoms with Crippen LogP contribution in [0.5, 0.6) is 0 Å². The highest BCUT2D eigenvalue weighted by Crippen LogP contribution is 2.39. The Kier molecular flexibility index (Phi) is 4.18. The molecule has 6 heteroatoms. The first kappa shape index (κ1) is 15.7. The summed E-state index contributed by atoms with van der Waals surface area (Å²) >= 11 is 0. The second-order valence-electron chi connectivity index (χ2n) is 6.98. The molecule has 1 unspecified atom stereocenters. The van der Waals surface area contributed by atoms with E-state index in [0.29, 0.717) is 11.7 Å². The minimum absolute atomic E-state index is 0.0697. The summed E-state index contributed by atoms with van der Waals surface area (Å²) in [6.07, 6.45) is 2.08. The summed E-state index contributed by atoms with van der Waals surface area (Å²) in [5, 5.41) is 23.1. The lowest BCUT2D eigenvalue weighted by Crippen LogP contribution is -2.52. The van der Waals surface area contributed by atoms with Crippen molar-refractivity contribution in [2.45, 2.75) is 51.5 Å². The van der Waals surface area contributed by atoms with Gasteiger partial charge in [-0.2, -0.15) is 5.10 Å². The van der Waals surface area contributed by atoms with E-state index in [1.807, 2.05) is 13.0 Å². The van der Waals surface area contributed by atoms with Gasteiger partial charge in [0.1, 0.15) is 0 Å². The van der Waals surface area contributed by atoms with Gasteiger partial charge in [-0.25, -0.2) is 4.79 Å². The molecule has 1 aliphatic carbocycles. The molecular formula is C15H24N4O2. The Bertz CT molecular complexity index is 505. The summed E-state index contributed by atoms with van der Waals surface area (Å²) in [5.41, 5.74) is 0.226. The lowest BCUT2D eigenvalue weighted by atomic mass is 9.92. The molecule has 0 aliphatic heterocycles. The zero-order chi connectivity index (χ0) is 15.7. The van der Waals surface area contributed by atoms with Crippen molar-refractivity contribution in [3.63, 3.8) is 0 Å². The first-order valence-electron chi connectivity index (χ1n) is 7.29. The van der Waals surface area contributed by atoms with Crippen LogP contribution in [-0.2, 0) is 5.41 Å². The normalized spacial score (nSPS) is 18.0. The van der Waals surface area contributed by atoms with Crippen LogP contribution in [0.4, 0.5) is 10.6 Å². The van der Waals surface area contributed by atoms with Crippen LogP contribution in [0.1, 0.15) is 46.2 Å². The molecule has 116 valence electrons. The van der Waals surface area contributed by atoms with E-state index in [1.165, 1.54) is 0 Å². The number of hydrogen-bond acceptors (Lipinski definition) is 4. The molecule has 1 aliphatic rings. The minimum Gasteiger partial charge on any atom is -0.394 e. The van der Waals surface area contributed by atoms with Crippen molar-refractivity contribution in [2.75, 3.05) is 11.9 Å². The van der Waals surface area contributed by atoms with Gasteiger partial charge in [0, 0.05) is 5.41 Å². The Morgan fingerprint density at radius 2 is 1.95 bits per heavy atom. The molecule has 3 N–H and O–H groups in total. The second-order valence-corrected chi connectivity index (χ2v) is 6.98. The van der Waals surface area contributed by atoms with Gasteiger partial charge in [0.2, 0.25) is 0 Å². The van der Waals surface area contributed by atoms with E-state index in [-0.39, 0.29) is 18.1 Å². The molecule has 1 aromatic rings. The zero-order valence-electron chi connectivity index (χ0n) is 13.1. The molecule has 0 spiro atoms. The number of hydrogen-bond donors (Lipinski definition) is 3. The fourth-order valence-corrected chi connectivity index (χ4v) is 2.20. The van der Waals surface area contributed by atoms with Gasteiger partial charge in [-0.3, -0.25) is 5.32 Å². The van der Waals surface area contributed by atoms with Crippen molar-refractivity contribution in [3.8, 4) is 0 Å². The molecule has 1 heterocycles.